The summed E-state index contributed by atoms with van der Waals surface area (Å²) in [4.78, 5) is 13.6. The van der Waals surface area contributed by atoms with Gasteiger partial charge < -0.3 is 9.84 Å². The molecule has 1 aromatic rings. The SMILES string of the molecule is COC(=O)C1CC(O)CN1Cc1ccc(I)cc1. The average molecular weight is 361 g/mol. The van der Waals surface area contributed by atoms with Gasteiger partial charge in [0.15, 0.2) is 0 Å². The summed E-state index contributed by atoms with van der Waals surface area (Å²) >= 11 is 2.26. The maximum Gasteiger partial charge on any atom is 0.323 e. The smallest absolute Gasteiger partial charge is 0.323 e. The normalized spacial score (nSPS) is 24.2. The number of hydrogen-bond donors (Lipinski definition) is 1. The Kier molecular flexibility index (Phi) is 4.58. The molecule has 0 spiro atoms. The van der Waals surface area contributed by atoms with Crippen molar-refractivity contribution in [1.82, 2.24) is 4.90 Å². The number of likely N-dealkylation sites (tertiary alicyclic amines) is 1. The number of aliphatic hydroxyl groups excluding tert-OH is 1. The highest BCUT2D eigenvalue weighted by atomic mass is 127. The third kappa shape index (κ3) is 3.21. The number of ether oxygens (including phenoxy) is 1. The number of halogens is 1. The summed E-state index contributed by atoms with van der Waals surface area (Å²) in [5.74, 6) is -0.267. The number of benzene rings is 1. The topological polar surface area (TPSA) is 49.8 Å². The van der Waals surface area contributed by atoms with Gasteiger partial charge in [0.05, 0.1) is 13.2 Å². The van der Waals surface area contributed by atoms with E-state index in [1.807, 2.05) is 29.2 Å². The molecule has 0 aliphatic carbocycles. The number of aliphatic hydroxyl groups is 1. The standard InChI is InChI=1S/C13H16INO3/c1-18-13(17)12-6-11(16)8-15(12)7-9-2-4-10(14)5-3-9/h2-5,11-12,16H,6-8H2,1H3. The highest BCUT2D eigenvalue weighted by Crippen LogP contribution is 2.21. The molecule has 1 fully saturated rings. The zero-order valence-corrected chi connectivity index (χ0v) is 12.3. The molecule has 2 atom stereocenters. The second kappa shape index (κ2) is 5.99. The van der Waals surface area contributed by atoms with Crippen molar-refractivity contribution < 1.29 is 14.6 Å². The Morgan fingerprint density at radius 2 is 2.17 bits per heavy atom. The lowest BCUT2D eigenvalue weighted by Gasteiger charge is -2.21. The van der Waals surface area contributed by atoms with Crippen LogP contribution in [0.3, 0.4) is 0 Å². The third-order valence-electron chi connectivity index (χ3n) is 3.15. The van der Waals surface area contributed by atoms with E-state index in [9.17, 15) is 9.90 Å². The molecule has 4 nitrogen and oxygen atoms in total. The number of esters is 1. The van der Waals surface area contributed by atoms with E-state index in [0.717, 1.165) is 5.56 Å². The summed E-state index contributed by atoms with van der Waals surface area (Å²) in [6, 6.07) is 7.83. The van der Waals surface area contributed by atoms with Crippen molar-refractivity contribution in [2.24, 2.45) is 0 Å². The van der Waals surface area contributed by atoms with Crippen LogP contribution in [-0.4, -0.2) is 41.8 Å². The quantitative estimate of drug-likeness (QED) is 0.653. The van der Waals surface area contributed by atoms with Crippen LogP contribution in [0.5, 0.6) is 0 Å². The maximum atomic E-state index is 11.6. The molecule has 0 saturated carbocycles. The fraction of sp³-hybridized carbons (Fsp3) is 0.462. The van der Waals surface area contributed by atoms with Gasteiger partial charge in [0.1, 0.15) is 6.04 Å². The van der Waals surface area contributed by atoms with Gasteiger partial charge in [-0.2, -0.15) is 0 Å². The molecule has 0 aromatic heterocycles. The average Bonchev–Trinajstić information content (AvgIpc) is 2.72. The Balaban J connectivity index is 2.07. The Hall–Kier alpha value is -0.660. The summed E-state index contributed by atoms with van der Waals surface area (Å²) in [7, 11) is 1.39. The fourth-order valence-electron chi connectivity index (χ4n) is 2.26. The first-order valence-corrected chi connectivity index (χ1v) is 6.92. The van der Waals surface area contributed by atoms with Crippen molar-refractivity contribution in [3.8, 4) is 0 Å². The number of β-amino-alcohol motifs (C(OH)–C–C–N with tert-alkyl or cyclic N) is 1. The monoisotopic (exact) mass is 361 g/mol. The molecule has 1 heterocycles. The molecule has 1 saturated heterocycles. The van der Waals surface area contributed by atoms with E-state index >= 15 is 0 Å². The molecule has 18 heavy (non-hydrogen) atoms. The van der Waals surface area contributed by atoms with Gasteiger partial charge in [0.2, 0.25) is 0 Å². The van der Waals surface area contributed by atoms with Crippen LogP contribution in [0.4, 0.5) is 0 Å². The van der Waals surface area contributed by atoms with Gasteiger partial charge in [-0.3, -0.25) is 9.69 Å². The van der Waals surface area contributed by atoms with Gasteiger partial charge in [-0.25, -0.2) is 0 Å². The zero-order valence-electron chi connectivity index (χ0n) is 10.2. The first-order chi connectivity index (χ1) is 8.60. The number of hydrogen-bond acceptors (Lipinski definition) is 4. The minimum Gasteiger partial charge on any atom is -0.468 e. The highest BCUT2D eigenvalue weighted by molar-refractivity contribution is 14.1. The van der Waals surface area contributed by atoms with Crippen molar-refractivity contribution in [2.45, 2.75) is 25.1 Å². The van der Waals surface area contributed by atoms with E-state index in [0.29, 0.717) is 19.5 Å². The third-order valence-corrected chi connectivity index (χ3v) is 3.87. The van der Waals surface area contributed by atoms with Gasteiger partial charge in [-0.15, -0.1) is 0 Å². The Morgan fingerprint density at radius 1 is 1.50 bits per heavy atom. The lowest BCUT2D eigenvalue weighted by Crippen LogP contribution is -2.36. The van der Waals surface area contributed by atoms with Crippen LogP contribution < -0.4 is 0 Å². The Labute approximate surface area is 120 Å². The minimum atomic E-state index is -0.446. The van der Waals surface area contributed by atoms with E-state index in [1.165, 1.54) is 10.7 Å². The molecular weight excluding hydrogens is 345 g/mol. The molecule has 1 aromatic carbocycles. The molecule has 0 bridgehead atoms. The number of methoxy groups -OCH3 is 1. The van der Waals surface area contributed by atoms with Crippen LogP contribution >= 0.6 is 22.6 Å². The molecule has 2 unspecified atom stereocenters. The van der Waals surface area contributed by atoms with Crippen molar-refractivity contribution in [3.63, 3.8) is 0 Å². The van der Waals surface area contributed by atoms with Crippen molar-refractivity contribution in [2.75, 3.05) is 13.7 Å². The molecule has 2 rings (SSSR count). The van der Waals surface area contributed by atoms with Crippen molar-refractivity contribution >= 4 is 28.6 Å². The summed E-state index contributed by atoms with van der Waals surface area (Å²) < 4.78 is 5.96. The largest absolute Gasteiger partial charge is 0.468 e. The second-order valence-corrected chi connectivity index (χ2v) is 5.73. The van der Waals surface area contributed by atoms with Crippen LogP contribution in [0.1, 0.15) is 12.0 Å². The molecule has 0 radical (unpaired) electrons. The first-order valence-electron chi connectivity index (χ1n) is 5.84. The van der Waals surface area contributed by atoms with Crippen molar-refractivity contribution in [1.29, 1.82) is 0 Å². The van der Waals surface area contributed by atoms with E-state index in [2.05, 4.69) is 22.6 Å². The van der Waals surface area contributed by atoms with Crippen LogP contribution in [0, 0.1) is 3.57 Å². The van der Waals surface area contributed by atoms with Gasteiger partial charge in [0.25, 0.3) is 0 Å². The van der Waals surface area contributed by atoms with Crippen LogP contribution in [-0.2, 0) is 16.1 Å². The lowest BCUT2D eigenvalue weighted by molar-refractivity contribution is -0.146. The van der Waals surface area contributed by atoms with Gasteiger partial charge in [0, 0.05) is 23.1 Å². The van der Waals surface area contributed by atoms with E-state index in [1.54, 1.807) is 0 Å². The molecule has 1 N–H and O–H groups in total. The van der Waals surface area contributed by atoms with Crippen LogP contribution in [0.2, 0.25) is 0 Å². The van der Waals surface area contributed by atoms with Gasteiger partial charge in [-0.1, -0.05) is 12.1 Å². The predicted octanol–water partition coefficient (Wildman–Crippen LogP) is 1.40. The summed E-state index contributed by atoms with van der Waals surface area (Å²) in [5, 5.41) is 9.69. The summed E-state index contributed by atoms with van der Waals surface area (Å²) in [6.45, 7) is 1.18. The number of carbonyl (C=O) groups excluding carboxylic acids is 1. The number of carbonyl (C=O) groups is 1. The molecule has 5 heteroatoms. The Bertz CT molecular complexity index is 421. The Morgan fingerprint density at radius 3 is 2.78 bits per heavy atom. The van der Waals surface area contributed by atoms with Crippen LogP contribution in [0.15, 0.2) is 24.3 Å². The molecular formula is C13H16INO3. The number of nitrogens with zero attached hydrogens (tertiary/aromatic N) is 1. The fourth-order valence-corrected chi connectivity index (χ4v) is 2.62. The highest BCUT2D eigenvalue weighted by Gasteiger charge is 2.36. The summed E-state index contributed by atoms with van der Waals surface area (Å²) in [5.41, 5.74) is 1.14. The molecule has 98 valence electrons. The van der Waals surface area contributed by atoms with Gasteiger partial charge >= 0.3 is 5.97 Å². The first kappa shape index (κ1) is 13.8. The van der Waals surface area contributed by atoms with Gasteiger partial charge in [-0.05, 0) is 40.3 Å². The van der Waals surface area contributed by atoms with Crippen LogP contribution in [0.25, 0.3) is 0 Å². The molecule has 0 amide bonds. The summed E-state index contributed by atoms with van der Waals surface area (Å²) in [6.07, 6.45) is 0.00905. The van der Waals surface area contributed by atoms with E-state index in [4.69, 9.17) is 4.74 Å². The maximum absolute atomic E-state index is 11.6. The second-order valence-electron chi connectivity index (χ2n) is 4.48. The lowest BCUT2D eigenvalue weighted by atomic mass is 10.2. The zero-order chi connectivity index (χ0) is 13.1. The molecule has 1 aliphatic rings. The van der Waals surface area contributed by atoms with E-state index < -0.39 is 6.10 Å². The molecule has 1 aliphatic heterocycles. The predicted molar refractivity (Wildman–Crippen MR) is 76.0 cm³/mol. The number of rotatable bonds is 3. The van der Waals surface area contributed by atoms with E-state index in [-0.39, 0.29) is 12.0 Å². The van der Waals surface area contributed by atoms with Crippen molar-refractivity contribution in [3.05, 3.63) is 33.4 Å². The minimum absolute atomic E-state index is 0.267.